The second-order valence-electron chi connectivity index (χ2n) is 7.44. The number of ketones is 1. The van der Waals surface area contributed by atoms with E-state index < -0.39 is 23.5 Å². The van der Waals surface area contributed by atoms with E-state index in [0.717, 1.165) is 18.9 Å². The number of halogens is 1. The van der Waals surface area contributed by atoms with Gasteiger partial charge < -0.3 is 20.2 Å². The normalized spacial score (nSPS) is 24.7. The van der Waals surface area contributed by atoms with Gasteiger partial charge in [0.05, 0.1) is 5.56 Å². The van der Waals surface area contributed by atoms with Crippen LogP contribution in [0.5, 0.6) is 0 Å². The first kappa shape index (κ1) is 17.7. The topological polar surface area (TPSA) is 103 Å². The van der Waals surface area contributed by atoms with Crippen molar-refractivity contribution in [2.75, 3.05) is 29.4 Å². The minimum atomic E-state index is -1.20. The van der Waals surface area contributed by atoms with Crippen molar-refractivity contribution in [2.45, 2.75) is 38.3 Å². The molecule has 144 valence electrons. The Labute approximate surface area is 155 Å². The third kappa shape index (κ3) is 3.22. The number of hydrogen-bond acceptors (Lipinski definition) is 6. The molecule has 1 saturated heterocycles. The van der Waals surface area contributed by atoms with E-state index in [1.54, 1.807) is 4.90 Å². The van der Waals surface area contributed by atoms with Crippen LogP contribution in [0.3, 0.4) is 0 Å². The smallest absolute Gasteiger partial charge is 0.316 e. The number of carboxylic acid groups (broad SMARTS) is 1. The van der Waals surface area contributed by atoms with Crippen LogP contribution in [0.25, 0.3) is 0 Å². The van der Waals surface area contributed by atoms with Crippen LogP contribution >= 0.6 is 0 Å². The molecule has 2 fully saturated rings. The number of hydrogen-bond donors (Lipinski definition) is 2. The van der Waals surface area contributed by atoms with Gasteiger partial charge in [0.15, 0.2) is 17.4 Å². The Bertz CT molecular complexity index is 826. The first-order valence-electron chi connectivity index (χ1n) is 9.11. The highest BCUT2D eigenvalue weighted by Crippen LogP contribution is 2.39. The van der Waals surface area contributed by atoms with Gasteiger partial charge in [-0.15, -0.1) is 0 Å². The molecule has 27 heavy (non-hydrogen) atoms. The van der Waals surface area contributed by atoms with Crippen LogP contribution in [0.1, 0.15) is 36.5 Å². The molecule has 0 aromatic carbocycles. The molecular weight excluding hydrogens is 355 g/mol. The number of nitrogens with zero attached hydrogens (tertiary/aromatic N) is 3. The van der Waals surface area contributed by atoms with Gasteiger partial charge in [-0.3, -0.25) is 14.4 Å². The maximum absolute atomic E-state index is 14.8. The summed E-state index contributed by atoms with van der Waals surface area (Å²) in [5.41, 5.74) is 0.0411. The van der Waals surface area contributed by atoms with Crippen molar-refractivity contribution < 1.29 is 23.9 Å². The summed E-state index contributed by atoms with van der Waals surface area (Å²) >= 11 is 0. The molecule has 2 N–H and O–H groups in total. The molecule has 1 aromatic rings. The zero-order valence-corrected chi connectivity index (χ0v) is 14.9. The van der Waals surface area contributed by atoms with Crippen molar-refractivity contribution in [3.8, 4) is 0 Å². The van der Waals surface area contributed by atoms with Crippen molar-refractivity contribution in [1.82, 2.24) is 10.3 Å². The number of rotatable bonds is 4. The summed E-state index contributed by atoms with van der Waals surface area (Å²) in [6.45, 7) is 2.50. The van der Waals surface area contributed by atoms with Gasteiger partial charge in [-0.05, 0) is 25.3 Å². The largest absolute Gasteiger partial charge is 0.481 e. The number of amides is 1. The molecule has 2 aliphatic heterocycles. The second kappa shape index (κ2) is 6.47. The maximum Gasteiger partial charge on any atom is 0.316 e. The molecular formula is C18H21FN4O4. The van der Waals surface area contributed by atoms with Crippen molar-refractivity contribution in [2.24, 2.45) is 5.92 Å². The lowest BCUT2D eigenvalue weighted by Crippen LogP contribution is -2.45. The van der Waals surface area contributed by atoms with Gasteiger partial charge in [0.25, 0.3) is 0 Å². The molecule has 8 nitrogen and oxygen atoms in total. The summed E-state index contributed by atoms with van der Waals surface area (Å²) in [6, 6.07) is 1.20. The van der Waals surface area contributed by atoms with Crippen molar-refractivity contribution in [1.29, 1.82) is 0 Å². The number of nitrogens with one attached hydrogen (secondary N) is 1. The van der Waals surface area contributed by atoms with E-state index in [-0.39, 0.29) is 35.9 Å². The monoisotopic (exact) mass is 376 g/mol. The fraction of sp³-hybridized carbons (Fsp3) is 0.556. The van der Waals surface area contributed by atoms with Gasteiger partial charge in [0.1, 0.15) is 11.7 Å². The Morgan fingerprint density at radius 2 is 2.00 bits per heavy atom. The summed E-state index contributed by atoms with van der Waals surface area (Å²) in [4.78, 5) is 43.2. The molecule has 2 atom stereocenters. The quantitative estimate of drug-likeness (QED) is 0.750. The Balaban J connectivity index is 1.67. The predicted octanol–water partition coefficient (Wildman–Crippen LogP) is 0.801. The van der Waals surface area contributed by atoms with Gasteiger partial charge in [0, 0.05) is 38.6 Å². The molecule has 1 saturated carbocycles. The zero-order valence-electron chi connectivity index (χ0n) is 14.9. The number of carbonyl (C=O) groups is 3. The first-order valence-corrected chi connectivity index (χ1v) is 9.11. The summed E-state index contributed by atoms with van der Waals surface area (Å²) in [6.07, 6.45) is 2.50. The van der Waals surface area contributed by atoms with E-state index in [2.05, 4.69) is 10.3 Å². The number of aliphatic carboxylic acids is 1. The van der Waals surface area contributed by atoms with Gasteiger partial charge >= 0.3 is 5.97 Å². The molecule has 1 amide bonds. The standard InChI is InChI=1S/C18H21FN4O4/c1-9(24)20-10-4-5-22(7-10)17-14(19)6-12-15(25)13(18(26)27)8-23(11-2-3-11)16(12)21-17/h6,10-11,13H,2-5,7-8H2,1H3,(H,20,24)(H,26,27). The van der Waals surface area contributed by atoms with E-state index >= 15 is 0 Å². The lowest BCUT2D eigenvalue weighted by Gasteiger charge is -2.33. The van der Waals surface area contributed by atoms with Crippen LogP contribution in [0.2, 0.25) is 0 Å². The molecule has 4 rings (SSSR count). The van der Waals surface area contributed by atoms with E-state index in [9.17, 15) is 23.9 Å². The molecule has 0 spiro atoms. The fourth-order valence-corrected chi connectivity index (χ4v) is 3.90. The highest BCUT2D eigenvalue weighted by atomic mass is 19.1. The van der Waals surface area contributed by atoms with Crippen molar-refractivity contribution in [3.63, 3.8) is 0 Å². The number of carboxylic acids is 1. The summed E-state index contributed by atoms with van der Waals surface area (Å²) in [5, 5.41) is 12.2. The lowest BCUT2D eigenvalue weighted by atomic mass is 9.93. The maximum atomic E-state index is 14.8. The van der Waals surface area contributed by atoms with Crippen LogP contribution < -0.4 is 15.1 Å². The Morgan fingerprint density at radius 3 is 2.63 bits per heavy atom. The van der Waals surface area contributed by atoms with Crippen LogP contribution in [-0.4, -0.2) is 59.5 Å². The SMILES string of the molecule is CC(=O)NC1CCN(c2nc3c(cc2F)C(=O)C(C(=O)O)CN3C2CC2)C1. The van der Waals surface area contributed by atoms with E-state index in [1.807, 2.05) is 4.90 Å². The van der Waals surface area contributed by atoms with Gasteiger partial charge in [-0.25, -0.2) is 9.37 Å². The molecule has 1 aromatic heterocycles. The Morgan fingerprint density at radius 1 is 1.26 bits per heavy atom. The number of anilines is 2. The predicted molar refractivity (Wildman–Crippen MR) is 94.5 cm³/mol. The third-order valence-corrected chi connectivity index (χ3v) is 5.35. The molecule has 3 aliphatic rings. The van der Waals surface area contributed by atoms with Crippen molar-refractivity contribution in [3.05, 3.63) is 17.4 Å². The molecule has 3 heterocycles. The minimum absolute atomic E-state index is 0.0411. The highest BCUT2D eigenvalue weighted by Gasteiger charge is 2.43. The number of fused-ring (bicyclic) bond motifs is 1. The van der Waals surface area contributed by atoms with Gasteiger partial charge in [0.2, 0.25) is 5.91 Å². The fourth-order valence-electron chi connectivity index (χ4n) is 3.90. The number of pyridine rings is 1. The van der Waals surface area contributed by atoms with E-state index in [1.165, 1.54) is 6.92 Å². The summed E-state index contributed by atoms with van der Waals surface area (Å²) < 4.78 is 14.8. The third-order valence-electron chi connectivity index (χ3n) is 5.35. The average molecular weight is 376 g/mol. The molecule has 2 unspecified atom stereocenters. The molecule has 9 heteroatoms. The van der Waals surface area contributed by atoms with Crippen LogP contribution in [0, 0.1) is 11.7 Å². The van der Waals surface area contributed by atoms with Gasteiger partial charge in [-0.1, -0.05) is 0 Å². The van der Waals surface area contributed by atoms with Gasteiger partial charge in [-0.2, -0.15) is 0 Å². The number of Topliss-reactive ketones (excluding diaryl/α,β-unsaturated/α-hetero) is 1. The molecule has 0 bridgehead atoms. The first-order chi connectivity index (χ1) is 12.8. The van der Waals surface area contributed by atoms with Crippen molar-refractivity contribution >= 4 is 29.3 Å². The van der Waals surface area contributed by atoms with Crippen LogP contribution in [0.15, 0.2) is 6.07 Å². The van der Waals surface area contributed by atoms with Crippen LogP contribution in [-0.2, 0) is 9.59 Å². The summed E-state index contributed by atoms with van der Waals surface area (Å²) in [7, 11) is 0. The highest BCUT2D eigenvalue weighted by molar-refractivity contribution is 6.13. The zero-order chi connectivity index (χ0) is 19.3. The number of aromatic nitrogens is 1. The molecule has 1 aliphatic carbocycles. The van der Waals surface area contributed by atoms with Crippen LogP contribution in [0.4, 0.5) is 16.0 Å². The average Bonchev–Trinajstić information content (AvgIpc) is 3.34. The Hall–Kier alpha value is -2.71. The second-order valence-corrected chi connectivity index (χ2v) is 7.44. The lowest BCUT2D eigenvalue weighted by molar-refractivity contribution is -0.139. The Kier molecular flexibility index (Phi) is 4.24. The number of carbonyl (C=O) groups excluding carboxylic acids is 2. The van der Waals surface area contributed by atoms with E-state index in [4.69, 9.17) is 0 Å². The summed E-state index contributed by atoms with van der Waals surface area (Å²) in [5.74, 6) is -3.24. The minimum Gasteiger partial charge on any atom is -0.481 e. The molecule has 0 radical (unpaired) electrons. The van der Waals surface area contributed by atoms with E-state index in [0.29, 0.717) is 25.3 Å².